The Labute approximate surface area is 135 Å². The maximum absolute atomic E-state index is 12.8. The Bertz CT molecular complexity index is 778. The highest BCUT2D eigenvalue weighted by molar-refractivity contribution is 6.33. The zero-order valence-corrected chi connectivity index (χ0v) is 12.6. The molecule has 0 saturated carbocycles. The largest absolute Gasteiger partial charge is 0.433 e. The molecular formula is C15H12ClF3N4. The van der Waals surface area contributed by atoms with Crippen molar-refractivity contribution >= 4 is 23.1 Å². The maximum Gasteiger partial charge on any atom is 0.433 e. The molecule has 23 heavy (non-hydrogen) atoms. The Morgan fingerprint density at radius 2 is 2.13 bits per heavy atom. The first-order valence-corrected chi connectivity index (χ1v) is 7.55. The molecule has 2 aromatic heterocycles. The summed E-state index contributed by atoms with van der Waals surface area (Å²) >= 11 is 6.28. The number of rotatable bonds is 1. The lowest BCUT2D eigenvalue weighted by Crippen LogP contribution is -2.32. The van der Waals surface area contributed by atoms with Crippen molar-refractivity contribution < 1.29 is 13.2 Å². The van der Waals surface area contributed by atoms with Crippen LogP contribution in [0.15, 0.2) is 24.4 Å². The first-order valence-electron chi connectivity index (χ1n) is 7.17. The molecule has 0 amide bonds. The van der Waals surface area contributed by atoms with Gasteiger partial charge in [-0.15, -0.1) is 0 Å². The summed E-state index contributed by atoms with van der Waals surface area (Å²) in [5.41, 5.74) is 0.572. The molecule has 1 N–H and O–H groups in total. The second-order valence-corrected chi connectivity index (χ2v) is 6.10. The third kappa shape index (κ3) is 2.49. The predicted molar refractivity (Wildman–Crippen MR) is 81.7 cm³/mol. The minimum Gasteiger partial charge on any atom is -0.366 e. The lowest BCUT2D eigenvalue weighted by atomic mass is 10.1. The second-order valence-electron chi connectivity index (χ2n) is 5.69. The first-order chi connectivity index (χ1) is 10.9. The number of fused-ring (bicyclic) bond motifs is 4. The van der Waals surface area contributed by atoms with Crippen LogP contribution in [0.5, 0.6) is 0 Å². The highest BCUT2D eigenvalue weighted by atomic mass is 35.5. The molecule has 4 rings (SSSR count). The van der Waals surface area contributed by atoms with Crippen molar-refractivity contribution in [2.75, 3.05) is 23.3 Å². The van der Waals surface area contributed by atoms with Gasteiger partial charge in [-0.1, -0.05) is 11.6 Å². The van der Waals surface area contributed by atoms with Crippen LogP contribution in [-0.4, -0.2) is 29.1 Å². The highest BCUT2D eigenvalue weighted by Crippen LogP contribution is 2.40. The molecule has 2 aromatic rings. The molecule has 1 fully saturated rings. The molecule has 4 heterocycles. The van der Waals surface area contributed by atoms with Gasteiger partial charge in [0.15, 0.2) is 5.82 Å². The quantitative estimate of drug-likeness (QED) is 0.857. The average molecular weight is 341 g/mol. The summed E-state index contributed by atoms with van der Waals surface area (Å²) in [5, 5.41) is 3.65. The Morgan fingerprint density at radius 1 is 1.30 bits per heavy atom. The molecule has 1 unspecified atom stereocenters. The molecule has 2 aliphatic rings. The van der Waals surface area contributed by atoms with Crippen LogP contribution in [0.25, 0.3) is 11.3 Å². The number of hydrogen-bond acceptors (Lipinski definition) is 4. The maximum atomic E-state index is 12.8. The number of halogens is 4. The number of nitrogens with zero attached hydrogens (tertiary/aromatic N) is 3. The molecule has 8 heteroatoms. The molecule has 2 bridgehead atoms. The summed E-state index contributed by atoms with van der Waals surface area (Å²) in [7, 11) is 0. The Morgan fingerprint density at radius 3 is 2.91 bits per heavy atom. The molecule has 1 atom stereocenters. The van der Waals surface area contributed by atoms with E-state index in [9.17, 15) is 13.2 Å². The van der Waals surface area contributed by atoms with Gasteiger partial charge in [0.2, 0.25) is 0 Å². The van der Waals surface area contributed by atoms with Gasteiger partial charge in [0.25, 0.3) is 0 Å². The standard InChI is InChI=1S/C15H12ClF3N4/c16-10-6-11-14(21-9-2-4-23(11)7-9)22-13(10)8-1-3-20-12(5-8)15(17,18)19/h1,3,5-6,9H,2,4,7H2,(H,21,22). The fourth-order valence-corrected chi connectivity index (χ4v) is 3.31. The smallest absolute Gasteiger partial charge is 0.366 e. The van der Waals surface area contributed by atoms with Crippen LogP contribution in [0.1, 0.15) is 12.1 Å². The number of pyridine rings is 2. The number of anilines is 2. The van der Waals surface area contributed by atoms with Gasteiger partial charge in [-0.25, -0.2) is 4.98 Å². The van der Waals surface area contributed by atoms with Crippen molar-refractivity contribution in [2.45, 2.75) is 18.6 Å². The van der Waals surface area contributed by atoms with Crippen molar-refractivity contribution in [3.05, 3.63) is 35.1 Å². The van der Waals surface area contributed by atoms with E-state index in [1.165, 1.54) is 6.07 Å². The average Bonchev–Trinajstić information content (AvgIpc) is 2.90. The molecule has 4 nitrogen and oxygen atoms in total. The fraction of sp³-hybridized carbons (Fsp3) is 0.333. The van der Waals surface area contributed by atoms with E-state index in [2.05, 4.69) is 20.2 Å². The summed E-state index contributed by atoms with van der Waals surface area (Å²) in [6, 6.07) is 4.54. The number of hydrogen-bond donors (Lipinski definition) is 1. The van der Waals surface area contributed by atoms with Crippen LogP contribution in [-0.2, 0) is 6.18 Å². The van der Waals surface area contributed by atoms with Gasteiger partial charge in [-0.2, -0.15) is 13.2 Å². The third-order valence-corrected chi connectivity index (χ3v) is 4.44. The predicted octanol–water partition coefficient (Wildman–Crippen LogP) is 3.82. The van der Waals surface area contributed by atoms with Crippen LogP contribution in [0, 0.1) is 0 Å². The van der Waals surface area contributed by atoms with E-state index in [0.29, 0.717) is 28.1 Å². The van der Waals surface area contributed by atoms with Gasteiger partial charge in [0.05, 0.1) is 16.4 Å². The van der Waals surface area contributed by atoms with Gasteiger partial charge in [0, 0.05) is 30.9 Å². The Hall–Kier alpha value is -2.02. The molecular weight excluding hydrogens is 329 g/mol. The minimum atomic E-state index is -4.50. The molecule has 1 saturated heterocycles. The molecule has 0 aliphatic carbocycles. The molecule has 2 aliphatic heterocycles. The summed E-state index contributed by atoms with van der Waals surface area (Å²) in [6.45, 7) is 1.83. The van der Waals surface area contributed by atoms with E-state index in [1.54, 1.807) is 6.07 Å². The van der Waals surface area contributed by atoms with Gasteiger partial charge in [-0.05, 0) is 24.6 Å². The topological polar surface area (TPSA) is 41.1 Å². The van der Waals surface area contributed by atoms with E-state index in [4.69, 9.17) is 11.6 Å². The summed E-state index contributed by atoms with van der Waals surface area (Å²) < 4.78 is 38.5. The van der Waals surface area contributed by atoms with Crippen LogP contribution in [0.3, 0.4) is 0 Å². The normalized spacial score (nSPS) is 19.5. The number of aromatic nitrogens is 2. The van der Waals surface area contributed by atoms with Gasteiger partial charge in [-0.3, -0.25) is 4.98 Å². The van der Waals surface area contributed by atoms with Gasteiger partial charge in [0.1, 0.15) is 5.69 Å². The van der Waals surface area contributed by atoms with Crippen molar-refractivity contribution in [1.29, 1.82) is 0 Å². The fourth-order valence-electron chi connectivity index (χ4n) is 3.05. The molecule has 120 valence electrons. The van der Waals surface area contributed by atoms with E-state index in [1.807, 2.05) is 0 Å². The summed E-state index contributed by atoms with van der Waals surface area (Å²) in [6.07, 6.45) is -2.37. The Kier molecular flexibility index (Phi) is 3.16. The highest BCUT2D eigenvalue weighted by Gasteiger charge is 2.34. The Balaban J connectivity index is 1.80. The summed E-state index contributed by atoms with van der Waals surface area (Å²) in [4.78, 5) is 10.0. The lowest BCUT2D eigenvalue weighted by molar-refractivity contribution is -0.141. The molecule has 0 spiro atoms. The zero-order valence-electron chi connectivity index (χ0n) is 11.9. The van der Waals surface area contributed by atoms with Crippen molar-refractivity contribution in [3.8, 4) is 11.3 Å². The van der Waals surface area contributed by atoms with Crippen molar-refractivity contribution in [1.82, 2.24) is 9.97 Å². The molecule has 0 radical (unpaired) electrons. The van der Waals surface area contributed by atoms with E-state index in [-0.39, 0.29) is 0 Å². The van der Waals surface area contributed by atoms with Crippen LogP contribution < -0.4 is 10.2 Å². The van der Waals surface area contributed by atoms with E-state index >= 15 is 0 Å². The molecule has 0 aromatic carbocycles. The minimum absolute atomic E-state index is 0.301. The van der Waals surface area contributed by atoms with E-state index < -0.39 is 11.9 Å². The monoisotopic (exact) mass is 340 g/mol. The van der Waals surface area contributed by atoms with Crippen molar-refractivity contribution in [2.24, 2.45) is 0 Å². The second kappa shape index (κ2) is 4.99. The van der Waals surface area contributed by atoms with E-state index in [0.717, 1.165) is 37.5 Å². The van der Waals surface area contributed by atoms with Crippen LogP contribution in [0.2, 0.25) is 5.02 Å². The zero-order chi connectivity index (χ0) is 16.2. The number of nitrogens with one attached hydrogen (secondary N) is 1. The SMILES string of the molecule is FC(F)(F)c1cc(-c2nc3c(cc2Cl)N2CCC(C2)N3)ccn1. The van der Waals surface area contributed by atoms with Crippen molar-refractivity contribution in [3.63, 3.8) is 0 Å². The summed E-state index contributed by atoms with van der Waals surface area (Å²) in [5.74, 6) is 0.670. The van der Waals surface area contributed by atoms with Gasteiger partial charge < -0.3 is 10.2 Å². The van der Waals surface area contributed by atoms with Gasteiger partial charge >= 0.3 is 6.18 Å². The van der Waals surface area contributed by atoms with Crippen LogP contribution >= 0.6 is 11.6 Å². The third-order valence-electron chi connectivity index (χ3n) is 4.15. The number of alkyl halides is 3. The first kappa shape index (κ1) is 14.6. The lowest BCUT2D eigenvalue weighted by Gasteiger charge is -2.28. The van der Waals surface area contributed by atoms with Crippen LogP contribution in [0.4, 0.5) is 24.7 Å².